The van der Waals surface area contributed by atoms with Crippen LogP contribution in [0, 0.1) is 18.3 Å². The number of sulfone groups is 1. The Labute approximate surface area is 179 Å². The molecule has 0 spiro atoms. The largest absolute Gasteiger partial charge is 0.484 e. The minimum absolute atomic E-state index is 0.0104. The Bertz CT molecular complexity index is 1470. The minimum Gasteiger partial charge on any atom is -0.484 e. The highest BCUT2D eigenvalue weighted by Crippen LogP contribution is 2.32. The molecule has 0 unspecified atom stereocenters. The number of fused-ring (bicyclic) bond motifs is 2. The molecule has 158 valence electrons. The number of aromatic nitrogens is 3. The van der Waals surface area contributed by atoms with E-state index in [-0.39, 0.29) is 12.6 Å². The lowest BCUT2D eigenvalue weighted by Crippen LogP contribution is -2.50. The topological polar surface area (TPSA) is 113 Å². The number of H-pyrrole nitrogens is 1. The monoisotopic (exact) mass is 435 g/mol. The summed E-state index contributed by atoms with van der Waals surface area (Å²) in [6.45, 7) is 3.63. The summed E-state index contributed by atoms with van der Waals surface area (Å²) in [6, 6.07) is 9.34. The number of nitriles is 1. The van der Waals surface area contributed by atoms with Crippen LogP contribution in [0.25, 0.3) is 21.8 Å². The Kier molecular flexibility index (Phi) is 4.50. The van der Waals surface area contributed by atoms with Gasteiger partial charge < -0.3 is 15.0 Å². The molecule has 0 aliphatic carbocycles. The molecule has 31 heavy (non-hydrogen) atoms. The van der Waals surface area contributed by atoms with E-state index >= 15 is 0 Å². The van der Waals surface area contributed by atoms with Gasteiger partial charge in [0.2, 0.25) is 0 Å². The van der Waals surface area contributed by atoms with E-state index in [1.54, 1.807) is 16.8 Å². The van der Waals surface area contributed by atoms with E-state index in [9.17, 15) is 13.7 Å². The molecule has 0 radical (unpaired) electrons. The molecule has 0 atom stereocenters. The van der Waals surface area contributed by atoms with Gasteiger partial charge in [0.1, 0.15) is 17.7 Å². The molecule has 9 heteroatoms. The summed E-state index contributed by atoms with van der Waals surface area (Å²) < 4.78 is 32.8. The molecule has 1 fully saturated rings. The maximum atomic E-state index is 12.5. The Hall–Kier alpha value is -3.35. The summed E-state index contributed by atoms with van der Waals surface area (Å²) in [6.07, 6.45) is 4.90. The Morgan fingerprint density at radius 1 is 1.32 bits per heavy atom. The second-order valence-corrected chi connectivity index (χ2v) is 9.91. The van der Waals surface area contributed by atoms with E-state index in [1.165, 1.54) is 6.26 Å². The number of nitrogens with zero attached hydrogens (tertiary/aromatic N) is 3. The molecular weight excluding hydrogens is 414 g/mol. The third kappa shape index (κ3) is 3.34. The van der Waals surface area contributed by atoms with Crippen LogP contribution in [0.4, 0.5) is 0 Å². The fourth-order valence-corrected chi connectivity index (χ4v) is 5.02. The molecule has 5 rings (SSSR count). The van der Waals surface area contributed by atoms with Gasteiger partial charge in [-0.3, -0.25) is 4.68 Å². The van der Waals surface area contributed by atoms with Crippen LogP contribution >= 0.6 is 0 Å². The highest BCUT2D eigenvalue weighted by Gasteiger charge is 2.23. The summed E-state index contributed by atoms with van der Waals surface area (Å²) in [5.41, 5.74) is 3.50. The van der Waals surface area contributed by atoms with Crippen LogP contribution in [-0.2, 0) is 16.4 Å². The summed E-state index contributed by atoms with van der Waals surface area (Å²) in [5, 5.41) is 19.0. The molecule has 0 saturated carbocycles. The first-order valence-corrected chi connectivity index (χ1v) is 11.8. The number of aromatic amines is 1. The molecule has 2 N–H and O–H groups in total. The maximum absolute atomic E-state index is 12.5. The van der Waals surface area contributed by atoms with Crippen molar-refractivity contribution in [1.82, 2.24) is 20.1 Å². The fraction of sp³-hybridized carbons (Fsp3) is 0.273. The molecule has 2 aromatic carbocycles. The van der Waals surface area contributed by atoms with Crippen LogP contribution in [0.15, 0.2) is 41.6 Å². The smallest absolute Gasteiger partial charge is 0.175 e. The lowest BCUT2D eigenvalue weighted by molar-refractivity contribution is 0.143. The minimum atomic E-state index is -3.44. The van der Waals surface area contributed by atoms with Gasteiger partial charge >= 0.3 is 0 Å². The lowest BCUT2D eigenvalue weighted by atomic mass is 10.1. The Morgan fingerprint density at radius 3 is 2.81 bits per heavy atom. The van der Waals surface area contributed by atoms with Crippen molar-refractivity contribution in [3.63, 3.8) is 0 Å². The number of rotatable bonds is 5. The van der Waals surface area contributed by atoms with Crippen molar-refractivity contribution in [3.05, 3.63) is 53.3 Å². The molecule has 0 amide bonds. The van der Waals surface area contributed by atoms with E-state index in [2.05, 4.69) is 21.5 Å². The zero-order valence-corrected chi connectivity index (χ0v) is 18.0. The van der Waals surface area contributed by atoms with Crippen molar-refractivity contribution >= 4 is 31.6 Å². The van der Waals surface area contributed by atoms with Crippen LogP contribution < -0.4 is 10.1 Å². The third-order valence-electron chi connectivity index (χ3n) is 5.66. The van der Waals surface area contributed by atoms with Crippen molar-refractivity contribution in [2.45, 2.75) is 24.5 Å². The van der Waals surface area contributed by atoms with Gasteiger partial charge in [-0.25, -0.2) is 8.42 Å². The standard InChI is InChI=1S/C22H21N5O3S/c1-13-7-19(31(2,28)29)18(17-5-6-25-20(13)17)12-27-11-15-4-3-14(8-23)22(21(15)26-27)30-16-9-24-10-16/h3-7,11,16,24-25H,9-10,12H2,1-2H3. The lowest BCUT2D eigenvalue weighted by Gasteiger charge is -2.28. The van der Waals surface area contributed by atoms with E-state index < -0.39 is 9.84 Å². The van der Waals surface area contributed by atoms with E-state index in [4.69, 9.17) is 4.74 Å². The van der Waals surface area contributed by atoms with Crippen LogP contribution in [-0.4, -0.2) is 48.6 Å². The fourth-order valence-electron chi connectivity index (χ4n) is 4.00. The second kappa shape index (κ2) is 7.11. The molecule has 1 aliphatic rings. The highest BCUT2D eigenvalue weighted by molar-refractivity contribution is 7.90. The molecule has 1 saturated heterocycles. The Morgan fingerprint density at radius 2 is 2.13 bits per heavy atom. The number of benzene rings is 2. The van der Waals surface area contributed by atoms with E-state index in [0.717, 1.165) is 34.9 Å². The summed E-state index contributed by atoms with van der Waals surface area (Å²) in [4.78, 5) is 3.49. The van der Waals surface area contributed by atoms with Crippen LogP contribution in [0.5, 0.6) is 5.75 Å². The molecule has 3 heterocycles. The first kappa shape index (κ1) is 19.6. The normalized spacial score (nSPS) is 14.6. The first-order valence-electron chi connectivity index (χ1n) is 9.92. The SMILES string of the molecule is Cc1cc(S(C)(=O)=O)c(Cn2cc3ccc(C#N)c(OC4CNC4)c3n2)c2cc[nH]c12. The molecule has 1 aliphatic heterocycles. The summed E-state index contributed by atoms with van der Waals surface area (Å²) in [7, 11) is -3.44. The predicted molar refractivity (Wildman–Crippen MR) is 117 cm³/mol. The van der Waals surface area contributed by atoms with Crippen LogP contribution in [0.2, 0.25) is 0 Å². The van der Waals surface area contributed by atoms with Gasteiger partial charge in [0.15, 0.2) is 15.6 Å². The third-order valence-corrected chi connectivity index (χ3v) is 6.82. The van der Waals surface area contributed by atoms with Gasteiger partial charge in [-0.2, -0.15) is 10.4 Å². The van der Waals surface area contributed by atoms with Crippen LogP contribution in [0.3, 0.4) is 0 Å². The van der Waals surface area contributed by atoms with Crippen molar-refractivity contribution in [2.24, 2.45) is 0 Å². The number of nitrogens with one attached hydrogen (secondary N) is 2. The van der Waals surface area contributed by atoms with Crippen LogP contribution in [0.1, 0.15) is 16.7 Å². The number of aryl methyl sites for hydroxylation is 1. The predicted octanol–water partition coefficient (Wildman–Crippen LogP) is 2.50. The van der Waals surface area contributed by atoms with Gasteiger partial charge in [0.05, 0.1) is 17.0 Å². The zero-order valence-electron chi connectivity index (χ0n) is 17.1. The summed E-state index contributed by atoms with van der Waals surface area (Å²) in [5.74, 6) is 0.476. The number of hydrogen-bond acceptors (Lipinski definition) is 6. The van der Waals surface area contributed by atoms with Crippen molar-refractivity contribution in [3.8, 4) is 11.8 Å². The van der Waals surface area contributed by atoms with Crippen molar-refractivity contribution < 1.29 is 13.2 Å². The van der Waals surface area contributed by atoms with Gasteiger partial charge in [0.25, 0.3) is 0 Å². The molecule has 8 nitrogen and oxygen atoms in total. The molecular formula is C22H21N5O3S. The van der Waals surface area contributed by atoms with Gasteiger partial charge in [-0.05, 0) is 36.8 Å². The maximum Gasteiger partial charge on any atom is 0.175 e. The Balaban J connectivity index is 1.64. The quantitative estimate of drug-likeness (QED) is 0.498. The molecule has 4 aromatic rings. The summed E-state index contributed by atoms with van der Waals surface area (Å²) >= 11 is 0. The second-order valence-electron chi connectivity index (χ2n) is 7.93. The zero-order chi connectivity index (χ0) is 21.8. The first-order chi connectivity index (χ1) is 14.8. The average Bonchev–Trinajstić information content (AvgIpc) is 3.32. The number of ether oxygens (including phenoxy) is 1. The highest BCUT2D eigenvalue weighted by atomic mass is 32.2. The van der Waals surface area contributed by atoms with Crippen molar-refractivity contribution in [2.75, 3.05) is 19.3 Å². The van der Waals surface area contributed by atoms with Crippen molar-refractivity contribution in [1.29, 1.82) is 5.26 Å². The number of hydrogen-bond donors (Lipinski definition) is 2. The molecule has 0 bridgehead atoms. The van der Waals surface area contributed by atoms with Gasteiger partial charge in [-0.15, -0.1) is 0 Å². The van der Waals surface area contributed by atoms with Gasteiger partial charge in [0, 0.05) is 53.6 Å². The van der Waals surface area contributed by atoms with E-state index in [0.29, 0.717) is 27.3 Å². The molecule has 2 aromatic heterocycles. The van der Waals surface area contributed by atoms with E-state index in [1.807, 2.05) is 31.5 Å². The van der Waals surface area contributed by atoms with Gasteiger partial charge in [-0.1, -0.05) is 0 Å². The average molecular weight is 436 g/mol.